The first-order valence-corrected chi connectivity index (χ1v) is 8.69. The number of rotatable bonds is 7. The Labute approximate surface area is 156 Å². The van der Waals surface area contributed by atoms with Crippen molar-refractivity contribution in [2.45, 2.75) is 38.8 Å². The molecule has 2 rings (SSSR count). The summed E-state index contributed by atoms with van der Waals surface area (Å²) in [4.78, 5) is 16.6. The number of hydrogen-bond acceptors (Lipinski definition) is 5. The Bertz CT molecular complexity index is 733. The maximum absolute atomic E-state index is 12.7. The second-order valence-electron chi connectivity index (χ2n) is 5.86. The molecule has 6 nitrogen and oxygen atoms in total. The zero-order valence-corrected chi connectivity index (χ0v) is 15.9. The van der Waals surface area contributed by atoms with Gasteiger partial charge in [0.2, 0.25) is 0 Å². The summed E-state index contributed by atoms with van der Waals surface area (Å²) < 4.78 is 6.50. The van der Waals surface area contributed by atoms with E-state index in [4.69, 9.17) is 27.9 Å². The monoisotopic (exact) mass is 385 g/mol. The quantitative estimate of drug-likeness (QED) is 0.738. The number of benzene rings is 1. The molecule has 0 saturated carbocycles. The van der Waals surface area contributed by atoms with Gasteiger partial charge in [0.25, 0.3) is 0 Å². The van der Waals surface area contributed by atoms with E-state index < -0.39 is 17.0 Å². The summed E-state index contributed by atoms with van der Waals surface area (Å²) in [6.45, 7) is 3.65. The van der Waals surface area contributed by atoms with Gasteiger partial charge in [0.1, 0.15) is 23.7 Å². The Morgan fingerprint density at radius 3 is 2.48 bits per heavy atom. The lowest BCUT2D eigenvalue weighted by molar-refractivity contribution is -0.180. The van der Waals surface area contributed by atoms with E-state index in [1.165, 1.54) is 30.5 Å². The van der Waals surface area contributed by atoms with Crippen LogP contribution in [-0.4, -0.2) is 33.0 Å². The van der Waals surface area contributed by atoms with Crippen LogP contribution < -0.4 is 0 Å². The van der Waals surface area contributed by atoms with Crippen molar-refractivity contribution in [1.82, 2.24) is 14.8 Å². The van der Waals surface area contributed by atoms with Crippen molar-refractivity contribution in [2.24, 2.45) is 5.41 Å². The molecule has 0 radical (unpaired) electrons. The molecule has 1 atom stereocenters. The Morgan fingerprint density at radius 2 is 2.00 bits per heavy atom. The summed E-state index contributed by atoms with van der Waals surface area (Å²) >= 11 is 12.4. The molecule has 0 spiro atoms. The standard InChI is InChI=1S/C17H21Cl2N3O3/c1-4-16(5-2,15(23)25-3)17(24,9-22-11-20-10-21-22)13-7-6-12(18)8-14(13)19/h6-8,10-11,24H,4-5,9H2,1-3H3. The summed E-state index contributed by atoms with van der Waals surface area (Å²) in [5.41, 5.74) is -2.49. The summed E-state index contributed by atoms with van der Waals surface area (Å²) in [6.07, 6.45) is 3.53. The van der Waals surface area contributed by atoms with E-state index in [1.54, 1.807) is 12.1 Å². The zero-order valence-electron chi connectivity index (χ0n) is 14.4. The summed E-state index contributed by atoms with van der Waals surface area (Å²) in [5, 5.41) is 16.6. The van der Waals surface area contributed by atoms with Crippen molar-refractivity contribution in [2.75, 3.05) is 7.11 Å². The minimum Gasteiger partial charge on any atom is -0.468 e. The van der Waals surface area contributed by atoms with Gasteiger partial charge in [0.15, 0.2) is 0 Å². The Kier molecular flexibility index (Phi) is 6.08. The van der Waals surface area contributed by atoms with Gasteiger partial charge in [-0.1, -0.05) is 43.1 Å². The first kappa shape index (κ1) is 19.7. The fraction of sp³-hybridized carbons (Fsp3) is 0.471. The topological polar surface area (TPSA) is 77.2 Å². The number of aromatic nitrogens is 3. The number of carbonyl (C=O) groups is 1. The third-order valence-corrected chi connectivity index (χ3v) is 5.36. The maximum Gasteiger partial charge on any atom is 0.315 e. The highest BCUT2D eigenvalue weighted by molar-refractivity contribution is 6.35. The van der Waals surface area contributed by atoms with E-state index in [0.717, 1.165) is 0 Å². The Balaban J connectivity index is 2.72. The molecule has 2 aromatic rings. The van der Waals surface area contributed by atoms with Crippen molar-refractivity contribution >= 4 is 29.2 Å². The van der Waals surface area contributed by atoms with E-state index in [9.17, 15) is 9.90 Å². The molecule has 0 saturated heterocycles. The van der Waals surface area contributed by atoms with E-state index >= 15 is 0 Å². The van der Waals surface area contributed by atoms with Crippen molar-refractivity contribution < 1.29 is 14.6 Å². The molecule has 1 aromatic carbocycles. The van der Waals surface area contributed by atoms with Crippen LogP contribution in [0.5, 0.6) is 0 Å². The average molecular weight is 386 g/mol. The van der Waals surface area contributed by atoms with Gasteiger partial charge >= 0.3 is 5.97 Å². The molecule has 0 aliphatic carbocycles. The summed E-state index contributed by atoms with van der Waals surface area (Å²) in [5.74, 6) is -0.508. The van der Waals surface area contributed by atoms with Gasteiger partial charge in [-0.05, 0) is 25.0 Å². The Hall–Kier alpha value is -1.63. The number of esters is 1. The predicted octanol–water partition coefficient (Wildman–Crippen LogP) is 3.45. The second kappa shape index (κ2) is 7.72. The number of halogens is 2. The van der Waals surface area contributed by atoms with Crippen LogP contribution in [0.4, 0.5) is 0 Å². The third kappa shape index (κ3) is 3.38. The maximum atomic E-state index is 12.7. The molecule has 1 heterocycles. The van der Waals surface area contributed by atoms with Crippen molar-refractivity contribution in [3.63, 3.8) is 0 Å². The van der Waals surface area contributed by atoms with Gasteiger partial charge < -0.3 is 9.84 Å². The second-order valence-corrected chi connectivity index (χ2v) is 6.70. The molecular formula is C17H21Cl2N3O3. The van der Waals surface area contributed by atoms with Crippen LogP contribution in [0.15, 0.2) is 30.9 Å². The van der Waals surface area contributed by atoms with Crippen molar-refractivity contribution in [3.05, 3.63) is 46.5 Å². The first-order valence-electron chi connectivity index (χ1n) is 7.93. The van der Waals surface area contributed by atoms with Gasteiger partial charge in [-0.3, -0.25) is 4.79 Å². The highest BCUT2D eigenvalue weighted by atomic mass is 35.5. The minimum absolute atomic E-state index is 0.00880. The molecular weight excluding hydrogens is 365 g/mol. The van der Waals surface area contributed by atoms with Crippen LogP contribution in [0, 0.1) is 5.41 Å². The molecule has 1 N–H and O–H groups in total. The smallest absolute Gasteiger partial charge is 0.315 e. The van der Waals surface area contributed by atoms with Crippen LogP contribution in [0.2, 0.25) is 10.0 Å². The molecule has 0 aliphatic rings. The molecule has 1 unspecified atom stereocenters. The van der Waals surface area contributed by atoms with Gasteiger partial charge in [0.05, 0.1) is 13.7 Å². The van der Waals surface area contributed by atoms with E-state index in [-0.39, 0.29) is 11.6 Å². The largest absolute Gasteiger partial charge is 0.468 e. The molecule has 25 heavy (non-hydrogen) atoms. The molecule has 0 bridgehead atoms. The average Bonchev–Trinajstić information content (AvgIpc) is 3.08. The lowest BCUT2D eigenvalue weighted by Gasteiger charge is -2.44. The molecule has 0 fully saturated rings. The van der Waals surface area contributed by atoms with Crippen LogP contribution in [0.1, 0.15) is 32.3 Å². The SMILES string of the molecule is CCC(CC)(C(=O)OC)C(O)(Cn1cncn1)c1ccc(Cl)cc1Cl. The van der Waals surface area contributed by atoms with Gasteiger partial charge in [-0.15, -0.1) is 0 Å². The molecule has 8 heteroatoms. The fourth-order valence-electron chi connectivity index (χ4n) is 3.36. The number of aliphatic hydroxyl groups is 1. The molecule has 1 aromatic heterocycles. The molecule has 0 aliphatic heterocycles. The fourth-order valence-corrected chi connectivity index (χ4v) is 3.92. The Morgan fingerprint density at radius 1 is 1.32 bits per heavy atom. The molecule has 136 valence electrons. The lowest BCUT2D eigenvalue weighted by atomic mass is 9.64. The minimum atomic E-state index is -1.67. The zero-order chi connectivity index (χ0) is 18.7. The van der Waals surface area contributed by atoms with E-state index in [2.05, 4.69) is 10.1 Å². The summed E-state index contributed by atoms with van der Waals surface area (Å²) in [6, 6.07) is 4.80. The summed E-state index contributed by atoms with van der Waals surface area (Å²) in [7, 11) is 1.31. The van der Waals surface area contributed by atoms with E-state index in [1.807, 2.05) is 13.8 Å². The number of nitrogens with zero attached hydrogens (tertiary/aromatic N) is 3. The van der Waals surface area contributed by atoms with Crippen LogP contribution in [0.3, 0.4) is 0 Å². The highest BCUT2D eigenvalue weighted by Crippen LogP contribution is 2.49. The lowest BCUT2D eigenvalue weighted by Crippen LogP contribution is -2.53. The number of ether oxygens (including phenoxy) is 1. The third-order valence-electron chi connectivity index (χ3n) is 4.81. The normalized spacial score (nSPS) is 14.2. The van der Waals surface area contributed by atoms with Gasteiger partial charge in [0, 0.05) is 15.6 Å². The van der Waals surface area contributed by atoms with E-state index in [0.29, 0.717) is 23.4 Å². The van der Waals surface area contributed by atoms with Crippen molar-refractivity contribution in [3.8, 4) is 0 Å². The number of hydrogen-bond donors (Lipinski definition) is 1. The first-order chi connectivity index (χ1) is 11.8. The van der Waals surface area contributed by atoms with Gasteiger partial charge in [-0.2, -0.15) is 5.10 Å². The van der Waals surface area contributed by atoms with Gasteiger partial charge in [-0.25, -0.2) is 9.67 Å². The van der Waals surface area contributed by atoms with Crippen molar-refractivity contribution in [1.29, 1.82) is 0 Å². The predicted molar refractivity (Wildman–Crippen MR) is 95.4 cm³/mol. The van der Waals surface area contributed by atoms with Crippen LogP contribution in [0.25, 0.3) is 0 Å². The number of carbonyl (C=O) groups excluding carboxylic acids is 1. The number of methoxy groups -OCH3 is 1. The highest BCUT2D eigenvalue weighted by Gasteiger charge is 2.56. The molecule has 0 amide bonds. The van der Waals surface area contributed by atoms with Crippen LogP contribution >= 0.6 is 23.2 Å². The van der Waals surface area contributed by atoms with Crippen LogP contribution in [-0.2, 0) is 21.7 Å².